The van der Waals surface area contributed by atoms with Crippen molar-refractivity contribution in [2.24, 2.45) is 17.3 Å². The van der Waals surface area contributed by atoms with Gasteiger partial charge in [0.2, 0.25) is 5.91 Å². The minimum atomic E-state index is -0.738. The molecule has 0 radical (unpaired) electrons. The third-order valence-corrected chi connectivity index (χ3v) is 4.73. The molecule has 0 heterocycles. The molecule has 0 saturated heterocycles. The van der Waals surface area contributed by atoms with Gasteiger partial charge in [-0.05, 0) is 37.5 Å². The Morgan fingerprint density at radius 1 is 1.20 bits per heavy atom. The summed E-state index contributed by atoms with van der Waals surface area (Å²) in [6.45, 7) is 6.95. The molecule has 1 aliphatic rings. The number of hydrogen-bond acceptors (Lipinski definition) is 2. The molecule has 2 N–H and O–H groups in total. The second kappa shape index (κ2) is 7.65. The Morgan fingerprint density at radius 2 is 1.80 bits per heavy atom. The average Bonchev–Trinajstić information content (AvgIpc) is 2.80. The number of amides is 1. The lowest BCUT2D eigenvalue weighted by Crippen LogP contribution is -2.38. The minimum Gasteiger partial charge on any atom is -0.481 e. The van der Waals surface area contributed by atoms with E-state index in [0.717, 1.165) is 32.1 Å². The molecule has 4 nitrogen and oxygen atoms in total. The summed E-state index contributed by atoms with van der Waals surface area (Å²) in [7, 11) is 0. The van der Waals surface area contributed by atoms with E-state index in [-0.39, 0.29) is 17.7 Å². The van der Waals surface area contributed by atoms with E-state index in [9.17, 15) is 9.59 Å². The highest BCUT2D eigenvalue weighted by atomic mass is 16.4. The number of rotatable bonds is 8. The molecule has 1 aliphatic carbocycles. The molecule has 1 amide bonds. The monoisotopic (exact) mass is 283 g/mol. The summed E-state index contributed by atoms with van der Waals surface area (Å²) in [5.41, 5.74) is -0.172. The van der Waals surface area contributed by atoms with Crippen LogP contribution in [0.4, 0.5) is 0 Å². The van der Waals surface area contributed by atoms with Crippen molar-refractivity contribution in [2.75, 3.05) is 6.54 Å². The smallest absolute Gasteiger partial charge is 0.303 e. The highest BCUT2D eigenvalue weighted by Crippen LogP contribution is 2.37. The van der Waals surface area contributed by atoms with E-state index in [1.54, 1.807) is 0 Å². The summed E-state index contributed by atoms with van der Waals surface area (Å²) >= 11 is 0. The van der Waals surface area contributed by atoms with Gasteiger partial charge in [-0.1, -0.05) is 33.6 Å². The number of aliphatic carboxylic acids is 1. The molecule has 0 aromatic heterocycles. The maximum Gasteiger partial charge on any atom is 0.303 e. The fourth-order valence-corrected chi connectivity index (χ4v) is 3.09. The number of carbonyl (C=O) groups excluding carboxylic acids is 1. The van der Waals surface area contributed by atoms with Crippen LogP contribution in [0.2, 0.25) is 0 Å². The zero-order valence-corrected chi connectivity index (χ0v) is 13.1. The molecule has 1 atom stereocenters. The number of carbonyl (C=O) groups is 2. The molecule has 20 heavy (non-hydrogen) atoms. The third-order valence-electron chi connectivity index (χ3n) is 4.73. The van der Waals surface area contributed by atoms with Crippen molar-refractivity contribution in [2.45, 2.75) is 65.7 Å². The van der Waals surface area contributed by atoms with Crippen LogP contribution >= 0.6 is 0 Å². The maximum absolute atomic E-state index is 12.2. The van der Waals surface area contributed by atoms with Crippen LogP contribution in [-0.4, -0.2) is 23.5 Å². The SMILES string of the molecule is CC(C)C(CCNC(=O)C1(C)CCCC1)CCC(=O)O. The highest BCUT2D eigenvalue weighted by Gasteiger charge is 2.35. The van der Waals surface area contributed by atoms with Crippen molar-refractivity contribution in [3.05, 3.63) is 0 Å². The lowest BCUT2D eigenvalue weighted by atomic mass is 9.86. The van der Waals surface area contributed by atoms with Gasteiger partial charge in [-0.2, -0.15) is 0 Å². The fourth-order valence-electron chi connectivity index (χ4n) is 3.09. The number of carboxylic acids is 1. The summed E-state index contributed by atoms with van der Waals surface area (Å²) in [5.74, 6) is 0.255. The van der Waals surface area contributed by atoms with Gasteiger partial charge in [0.05, 0.1) is 0 Å². The summed E-state index contributed by atoms with van der Waals surface area (Å²) in [6.07, 6.45) is 6.06. The van der Waals surface area contributed by atoms with Gasteiger partial charge in [0.25, 0.3) is 0 Å². The zero-order chi connectivity index (χ0) is 15.2. The van der Waals surface area contributed by atoms with Gasteiger partial charge in [0.1, 0.15) is 0 Å². The Hall–Kier alpha value is -1.06. The Morgan fingerprint density at radius 3 is 2.30 bits per heavy atom. The summed E-state index contributed by atoms with van der Waals surface area (Å²) in [6, 6.07) is 0. The average molecular weight is 283 g/mol. The number of nitrogens with one attached hydrogen (secondary N) is 1. The van der Waals surface area contributed by atoms with Crippen LogP contribution in [0.5, 0.6) is 0 Å². The van der Waals surface area contributed by atoms with Gasteiger partial charge < -0.3 is 10.4 Å². The largest absolute Gasteiger partial charge is 0.481 e. The van der Waals surface area contributed by atoms with E-state index < -0.39 is 5.97 Å². The predicted octanol–water partition coefficient (Wildman–Crippen LogP) is 3.21. The lowest BCUT2D eigenvalue weighted by Gasteiger charge is -2.24. The quantitative estimate of drug-likeness (QED) is 0.719. The first-order valence-corrected chi connectivity index (χ1v) is 7.85. The van der Waals surface area contributed by atoms with Crippen LogP contribution in [0.15, 0.2) is 0 Å². The molecular weight excluding hydrogens is 254 g/mol. The second-order valence-corrected chi connectivity index (χ2v) is 6.75. The molecule has 4 heteroatoms. The second-order valence-electron chi connectivity index (χ2n) is 6.75. The van der Waals surface area contributed by atoms with E-state index in [1.807, 2.05) is 0 Å². The Labute approximate surface area is 122 Å². The molecule has 1 fully saturated rings. The van der Waals surface area contributed by atoms with E-state index in [2.05, 4.69) is 26.1 Å². The molecule has 1 saturated carbocycles. The van der Waals surface area contributed by atoms with E-state index >= 15 is 0 Å². The van der Waals surface area contributed by atoms with E-state index in [4.69, 9.17) is 5.11 Å². The molecule has 116 valence electrons. The van der Waals surface area contributed by atoms with E-state index in [1.165, 1.54) is 0 Å². The third kappa shape index (κ3) is 5.14. The van der Waals surface area contributed by atoms with Crippen molar-refractivity contribution < 1.29 is 14.7 Å². The number of hydrogen-bond donors (Lipinski definition) is 2. The van der Waals surface area contributed by atoms with E-state index in [0.29, 0.717) is 24.8 Å². The van der Waals surface area contributed by atoms with Gasteiger partial charge in [-0.15, -0.1) is 0 Å². The maximum atomic E-state index is 12.2. The van der Waals surface area contributed by atoms with Gasteiger partial charge in [0.15, 0.2) is 0 Å². The van der Waals surface area contributed by atoms with Crippen molar-refractivity contribution in [1.29, 1.82) is 0 Å². The minimum absolute atomic E-state index is 0.172. The summed E-state index contributed by atoms with van der Waals surface area (Å²) < 4.78 is 0. The predicted molar refractivity (Wildman–Crippen MR) is 79.4 cm³/mol. The standard InChI is InChI=1S/C16H29NO3/c1-12(2)13(6-7-14(18)19)8-11-17-15(20)16(3)9-4-5-10-16/h12-13H,4-11H2,1-3H3,(H,17,20)(H,18,19). The van der Waals surface area contributed by atoms with Crippen LogP contribution in [0.3, 0.4) is 0 Å². The van der Waals surface area contributed by atoms with Crippen molar-refractivity contribution >= 4 is 11.9 Å². The van der Waals surface area contributed by atoms with Gasteiger partial charge >= 0.3 is 5.97 Å². The summed E-state index contributed by atoms with van der Waals surface area (Å²) in [4.78, 5) is 22.8. The lowest BCUT2D eigenvalue weighted by molar-refractivity contribution is -0.137. The van der Waals surface area contributed by atoms with Crippen LogP contribution in [0.25, 0.3) is 0 Å². The topological polar surface area (TPSA) is 66.4 Å². The molecular formula is C16H29NO3. The molecule has 1 unspecified atom stereocenters. The fraction of sp³-hybridized carbons (Fsp3) is 0.875. The van der Waals surface area contributed by atoms with Crippen LogP contribution in [0.1, 0.15) is 65.7 Å². The molecule has 1 rings (SSSR count). The molecule has 0 aliphatic heterocycles. The summed E-state index contributed by atoms with van der Waals surface area (Å²) in [5, 5.41) is 11.8. The molecule has 0 aromatic rings. The first kappa shape index (κ1) is 17.0. The van der Waals surface area contributed by atoms with Gasteiger partial charge in [-0.3, -0.25) is 9.59 Å². The van der Waals surface area contributed by atoms with Crippen molar-refractivity contribution in [3.8, 4) is 0 Å². The Balaban J connectivity index is 2.32. The normalized spacial score (nSPS) is 19.0. The van der Waals surface area contributed by atoms with Crippen LogP contribution in [0, 0.1) is 17.3 Å². The van der Waals surface area contributed by atoms with Gasteiger partial charge in [-0.25, -0.2) is 0 Å². The molecule has 0 spiro atoms. The highest BCUT2D eigenvalue weighted by molar-refractivity contribution is 5.82. The number of carboxylic acid groups (broad SMARTS) is 1. The van der Waals surface area contributed by atoms with Crippen molar-refractivity contribution in [1.82, 2.24) is 5.32 Å². The molecule has 0 bridgehead atoms. The Bertz CT molecular complexity index is 333. The first-order valence-electron chi connectivity index (χ1n) is 7.85. The molecule has 0 aromatic carbocycles. The van der Waals surface area contributed by atoms with Gasteiger partial charge in [0, 0.05) is 18.4 Å². The zero-order valence-electron chi connectivity index (χ0n) is 13.1. The van der Waals surface area contributed by atoms with Crippen LogP contribution in [-0.2, 0) is 9.59 Å². The van der Waals surface area contributed by atoms with Crippen molar-refractivity contribution in [3.63, 3.8) is 0 Å². The Kier molecular flexibility index (Phi) is 6.50. The first-order chi connectivity index (χ1) is 9.35. The van der Waals surface area contributed by atoms with Crippen LogP contribution < -0.4 is 5.32 Å².